The van der Waals surface area contributed by atoms with E-state index in [1.54, 1.807) is 13.8 Å². The Bertz CT molecular complexity index is 871. The highest BCUT2D eigenvalue weighted by Gasteiger charge is 2.21. The molecule has 1 aromatic carbocycles. The molecule has 0 unspecified atom stereocenters. The van der Waals surface area contributed by atoms with E-state index in [4.69, 9.17) is 5.73 Å². The lowest BCUT2D eigenvalue weighted by Gasteiger charge is -2.10. The van der Waals surface area contributed by atoms with Crippen molar-refractivity contribution >= 4 is 16.9 Å². The Hall–Kier alpha value is -2.57. The van der Waals surface area contributed by atoms with Crippen molar-refractivity contribution in [2.24, 2.45) is 0 Å². The summed E-state index contributed by atoms with van der Waals surface area (Å²) in [7, 11) is 0. The van der Waals surface area contributed by atoms with Gasteiger partial charge in [0.2, 0.25) is 0 Å². The Kier molecular flexibility index (Phi) is 2.86. The van der Waals surface area contributed by atoms with E-state index < -0.39 is 17.5 Å². The Morgan fingerprint density at radius 3 is 2.48 bits per heavy atom. The van der Waals surface area contributed by atoms with Crippen molar-refractivity contribution in [2.75, 3.05) is 5.73 Å². The fraction of sp³-hybridized carbons (Fsp3) is 0.143. The highest BCUT2D eigenvalue weighted by atomic mass is 19.2. The minimum Gasteiger partial charge on any atom is -0.383 e. The van der Waals surface area contributed by atoms with Crippen LogP contribution in [0.3, 0.4) is 0 Å². The number of halogens is 3. The summed E-state index contributed by atoms with van der Waals surface area (Å²) in [4.78, 5) is 7.98. The van der Waals surface area contributed by atoms with Gasteiger partial charge in [0.1, 0.15) is 12.1 Å². The predicted octanol–water partition coefficient (Wildman–Crippen LogP) is 3.04. The monoisotopic (exact) mass is 292 g/mol. The zero-order valence-electron chi connectivity index (χ0n) is 11.3. The summed E-state index contributed by atoms with van der Waals surface area (Å²) in [6.07, 6.45) is 1.24. The number of nitrogens with zero attached hydrogens (tertiary/aromatic N) is 3. The summed E-state index contributed by atoms with van der Waals surface area (Å²) >= 11 is 0. The van der Waals surface area contributed by atoms with Gasteiger partial charge >= 0.3 is 0 Å². The molecule has 2 heterocycles. The molecule has 2 aromatic heterocycles. The van der Waals surface area contributed by atoms with E-state index in [-0.39, 0.29) is 11.5 Å². The standard InChI is InChI=1S/C14H11F3N4/c1-6-7(2)21(14-10(6)13(18)19-5-20-14)9-4-3-8(15)11(16)12(9)17/h3-5H,1-2H3,(H2,18,19,20). The molecule has 0 atom stereocenters. The molecule has 2 N–H and O–H groups in total. The number of hydrogen-bond acceptors (Lipinski definition) is 3. The molecule has 0 saturated heterocycles. The van der Waals surface area contributed by atoms with E-state index in [1.807, 2.05) is 0 Å². The van der Waals surface area contributed by atoms with Crippen LogP contribution in [0.1, 0.15) is 11.3 Å². The van der Waals surface area contributed by atoms with Crippen LogP contribution in [0.4, 0.5) is 19.0 Å². The van der Waals surface area contributed by atoms with Crippen LogP contribution in [-0.4, -0.2) is 14.5 Å². The molecule has 3 rings (SSSR count). The smallest absolute Gasteiger partial charge is 0.196 e. The average Bonchev–Trinajstić information content (AvgIpc) is 2.71. The third-order valence-corrected chi connectivity index (χ3v) is 3.58. The summed E-state index contributed by atoms with van der Waals surface area (Å²) in [6.45, 7) is 3.50. The van der Waals surface area contributed by atoms with Crippen LogP contribution in [0, 0.1) is 31.3 Å². The Morgan fingerprint density at radius 1 is 1.05 bits per heavy atom. The van der Waals surface area contributed by atoms with Gasteiger partial charge in [-0.3, -0.25) is 4.57 Å². The second-order valence-electron chi connectivity index (χ2n) is 4.70. The minimum absolute atomic E-state index is 0.123. The molecule has 3 aromatic rings. The number of hydrogen-bond donors (Lipinski definition) is 1. The molecular weight excluding hydrogens is 281 g/mol. The minimum atomic E-state index is -1.52. The summed E-state index contributed by atoms with van der Waals surface area (Å²) in [6, 6.07) is 2.04. The molecule has 0 aliphatic rings. The first-order valence-corrected chi connectivity index (χ1v) is 6.15. The summed E-state index contributed by atoms with van der Waals surface area (Å²) in [5, 5.41) is 0.569. The van der Waals surface area contributed by atoms with Crippen molar-refractivity contribution in [2.45, 2.75) is 13.8 Å². The van der Waals surface area contributed by atoms with Crippen LogP contribution in [0.15, 0.2) is 18.5 Å². The molecular formula is C14H11F3N4. The largest absolute Gasteiger partial charge is 0.383 e. The fourth-order valence-corrected chi connectivity index (χ4v) is 2.41. The lowest BCUT2D eigenvalue weighted by Crippen LogP contribution is -2.04. The normalized spacial score (nSPS) is 11.3. The second kappa shape index (κ2) is 4.47. The Morgan fingerprint density at radius 2 is 1.76 bits per heavy atom. The number of benzene rings is 1. The third-order valence-electron chi connectivity index (χ3n) is 3.58. The molecule has 0 radical (unpaired) electrons. The number of nitrogen functional groups attached to an aromatic ring is 1. The molecule has 0 aliphatic carbocycles. The van der Waals surface area contributed by atoms with Crippen LogP contribution in [-0.2, 0) is 0 Å². The van der Waals surface area contributed by atoms with Gasteiger partial charge in [-0.25, -0.2) is 23.1 Å². The number of aromatic nitrogens is 3. The van der Waals surface area contributed by atoms with Gasteiger partial charge < -0.3 is 5.73 Å². The molecule has 0 spiro atoms. The highest BCUT2D eigenvalue weighted by Crippen LogP contribution is 2.31. The van der Waals surface area contributed by atoms with Gasteiger partial charge in [-0.05, 0) is 31.5 Å². The lowest BCUT2D eigenvalue weighted by atomic mass is 10.2. The molecule has 4 nitrogen and oxygen atoms in total. The van der Waals surface area contributed by atoms with Crippen molar-refractivity contribution in [1.82, 2.24) is 14.5 Å². The number of fused-ring (bicyclic) bond motifs is 1. The van der Waals surface area contributed by atoms with Crippen molar-refractivity contribution in [1.29, 1.82) is 0 Å². The fourth-order valence-electron chi connectivity index (χ4n) is 2.41. The molecule has 0 fully saturated rings. The van der Waals surface area contributed by atoms with Crippen LogP contribution >= 0.6 is 0 Å². The molecule has 108 valence electrons. The SMILES string of the molecule is Cc1c(C)n(-c2ccc(F)c(F)c2F)c2ncnc(N)c12. The molecule has 0 amide bonds. The van der Waals surface area contributed by atoms with Crippen molar-refractivity contribution in [3.8, 4) is 5.69 Å². The van der Waals surface area contributed by atoms with E-state index in [2.05, 4.69) is 9.97 Å². The number of rotatable bonds is 1. The predicted molar refractivity (Wildman–Crippen MR) is 72.6 cm³/mol. The number of nitrogens with two attached hydrogens (primary N) is 1. The maximum absolute atomic E-state index is 14.1. The molecule has 0 bridgehead atoms. The lowest BCUT2D eigenvalue weighted by molar-refractivity contribution is 0.445. The first-order chi connectivity index (χ1) is 9.93. The Balaban J connectivity index is 2.44. The number of aryl methyl sites for hydroxylation is 1. The van der Waals surface area contributed by atoms with E-state index in [9.17, 15) is 13.2 Å². The van der Waals surface area contributed by atoms with E-state index in [0.29, 0.717) is 16.7 Å². The highest BCUT2D eigenvalue weighted by molar-refractivity contribution is 5.92. The maximum Gasteiger partial charge on any atom is 0.196 e. The first kappa shape index (κ1) is 13.4. The van der Waals surface area contributed by atoms with E-state index in [0.717, 1.165) is 17.7 Å². The van der Waals surface area contributed by atoms with Gasteiger partial charge in [-0.15, -0.1) is 0 Å². The topological polar surface area (TPSA) is 56.7 Å². The summed E-state index contributed by atoms with van der Waals surface area (Å²) in [5.41, 5.74) is 7.43. The van der Waals surface area contributed by atoms with Gasteiger partial charge in [0.05, 0.1) is 11.1 Å². The zero-order valence-corrected chi connectivity index (χ0v) is 11.3. The van der Waals surface area contributed by atoms with E-state index >= 15 is 0 Å². The average molecular weight is 292 g/mol. The van der Waals surface area contributed by atoms with Crippen LogP contribution in [0.5, 0.6) is 0 Å². The molecule has 0 aliphatic heterocycles. The number of anilines is 1. The van der Waals surface area contributed by atoms with Crippen LogP contribution in [0.25, 0.3) is 16.7 Å². The third kappa shape index (κ3) is 1.77. The van der Waals surface area contributed by atoms with Gasteiger partial charge in [0, 0.05) is 5.69 Å². The molecule has 21 heavy (non-hydrogen) atoms. The van der Waals surface area contributed by atoms with Crippen molar-refractivity contribution in [3.05, 3.63) is 47.2 Å². The van der Waals surface area contributed by atoms with Gasteiger partial charge in [0.15, 0.2) is 23.1 Å². The zero-order chi connectivity index (χ0) is 15.3. The summed E-state index contributed by atoms with van der Waals surface area (Å²) < 4.78 is 42.0. The maximum atomic E-state index is 14.1. The van der Waals surface area contributed by atoms with Crippen LogP contribution in [0.2, 0.25) is 0 Å². The van der Waals surface area contributed by atoms with Crippen LogP contribution < -0.4 is 5.73 Å². The van der Waals surface area contributed by atoms with Gasteiger partial charge in [0.25, 0.3) is 0 Å². The van der Waals surface area contributed by atoms with Crippen molar-refractivity contribution < 1.29 is 13.2 Å². The molecule has 7 heteroatoms. The van der Waals surface area contributed by atoms with Gasteiger partial charge in [-0.2, -0.15) is 0 Å². The van der Waals surface area contributed by atoms with Crippen molar-refractivity contribution in [3.63, 3.8) is 0 Å². The Labute approximate surface area is 118 Å². The first-order valence-electron chi connectivity index (χ1n) is 6.15. The molecule has 0 saturated carbocycles. The summed E-state index contributed by atoms with van der Waals surface area (Å²) in [5.74, 6) is -3.78. The van der Waals surface area contributed by atoms with Gasteiger partial charge in [-0.1, -0.05) is 0 Å². The second-order valence-corrected chi connectivity index (χ2v) is 4.70. The van der Waals surface area contributed by atoms with E-state index in [1.165, 1.54) is 10.9 Å². The quantitative estimate of drug-likeness (QED) is 0.701.